The zero-order chi connectivity index (χ0) is 17.8. The second kappa shape index (κ2) is 11.3. The summed E-state index contributed by atoms with van der Waals surface area (Å²) in [6, 6.07) is 6.41. The molecule has 0 amide bonds. The van der Waals surface area contributed by atoms with Crippen molar-refractivity contribution in [2.45, 2.75) is 52.1 Å². The lowest BCUT2D eigenvalue weighted by Gasteiger charge is -2.11. The zero-order valence-electron chi connectivity index (χ0n) is 14.3. The molecule has 1 aromatic carbocycles. The Morgan fingerprint density at radius 3 is 2.54 bits per heavy atom. The normalized spacial score (nSPS) is 11.5. The van der Waals surface area contributed by atoms with Gasteiger partial charge in [0.1, 0.15) is 17.4 Å². The summed E-state index contributed by atoms with van der Waals surface area (Å²) in [6.07, 6.45) is 3.71. The van der Waals surface area contributed by atoms with Gasteiger partial charge >= 0.3 is 12.1 Å². The van der Waals surface area contributed by atoms with Crippen LogP contribution in [0.2, 0.25) is 0 Å². The molecule has 0 aliphatic rings. The predicted molar refractivity (Wildman–Crippen MR) is 85.3 cm³/mol. The van der Waals surface area contributed by atoms with Gasteiger partial charge in [-0.25, -0.2) is 14.5 Å². The van der Waals surface area contributed by atoms with E-state index < -0.39 is 12.1 Å². The van der Waals surface area contributed by atoms with Crippen LogP contribution in [0, 0.1) is 0 Å². The average molecular weight is 340 g/mol. The Kier molecular flexibility index (Phi) is 9.29. The van der Waals surface area contributed by atoms with Crippen LogP contribution >= 0.6 is 0 Å². The molecule has 7 heteroatoms. The van der Waals surface area contributed by atoms with Crippen LogP contribution in [0.1, 0.15) is 56.3 Å². The van der Waals surface area contributed by atoms with E-state index in [1.165, 1.54) is 13.2 Å². The highest BCUT2D eigenvalue weighted by Gasteiger charge is 2.17. The molecule has 0 spiro atoms. The average Bonchev–Trinajstić information content (AvgIpc) is 2.58. The minimum Gasteiger partial charge on any atom is -0.496 e. The smallest absolute Gasteiger partial charge is 0.496 e. The number of unbranched alkanes of at least 4 members (excludes halogenated alkanes) is 3. The van der Waals surface area contributed by atoms with Crippen molar-refractivity contribution in [1.29, 1.82) is 0 Å². The fourth-order valence-electron chi connectivity index (χ4n) is 2.04. The first kappa shape index (κ1) is 19.8. The van der Waals surface area contributed by atoms with Crippen molar-refractivity contribution in [2.75, 3.05) is 7.11 Å². The molecule has 0 aliphatic carbocycles. The van der Waals surface area contributed by atoms with Crippen LogP contribution in [0.15, 0.2) is 24.3 Å². The van der Waals surface area contributed by atoms with Crippen LogP contribution in [0.4, 0.5) is 4.79 Å². The van der Waals surface area contributed by atoms with Crippen molar-refractivity contribution in [3.8, 4) is 5.75 Å². The standard InChI is InChI=1S/C17H24O7/c1-4-5-6-7-10-13(2)21-17(19)23-24-22-16(18)14-11-8-9-12-15(14)20-3/h8-9,11-13H,4-7,10H2,1-3H3. The third kappa shape index (κ3) is 7.32. The second-order valence-corrected chi connectivity index (χ2v) is 5.25. The van der Waals surface area contributed by atoms with E-state index in [2.05, 4.69) is 21.7 Å². The third-order valence-electron chi connectivity index (χ3n) is 3.30. The zero-order valence-corrected chi connectivity index (χ0v) is 14.3. The van der Waals surface area contributed by atoms with E-state index >= 15 is 0 Å². The van der Waals surface area contributed by atoms with Crippen LogP contribution in [-0.4, -0.2) is 25.3 Å². The van der Waals surface area contributed by atoms with Crippen LogP contribution in [0.3, 0.4) is 0 Å². The molecule has 134 valence electrons. The largest absolute Gasteiger partial charge is 0.543 e. The monoisotopic (exact) mass is 340 g/mol. The number of ether oxygens (including phenoxy) is 2. The molecule has 0 aromatic heterocycles. The van der Waals surface area contributed by atoms with Crippen molar-refractivity contribution in [1.82, 2.24) is 0 Å². The van der Waals surface area contributed by atoms with Gasteiger partial charge in [0.15, 0.2) is 0 Å². The Balaban J connectivity index is 2.26. The molecule has 0 fully saturated rings. The van der Waals surface area contributed by atoms with Gasteiger partial charge in [-0.05, 0) is 31.9 Å². The summed E-state index contributed by atoms with van der Waals surface area (Å²) in [6.45, 7) is 3.88. The molecule has 7 nitrogen and oxygen atoms in total. The Hall–Kier alpha value is -2.28. The van der Waals surface area contributed by atoms with Crippen LogP contribution in [0.25, 0.3) is 0 Å². The maximum Gasteiger partial charge on any atom is 0.543 e. The van der Waals surface area contributed by atoms with Gasteiger partial charge in [-0.15, -0.1) is 0 Å². The number of hydrogen-bond donors (Lipinski definition) is 0. The van der Waals surface area contributed by atoms with Crippen molar-refractivity contribution in [3.63, 3.8) is 0 Å². The minimum absolute atomic E-state index is 0.140. The first-order chi connectivity index (χ1) is 11.6. The van der Waals surface area contributed by atoms with E-state index in [-0.39, 0.29) is 11.7 Å². The number of benzene rings is 1. The predicted octanol–water partition coefficient (Wildman–Crippen LogP) is 4.21. The maximum absolute atomic E-state index is 11.8. The first-order valence-electron chi connectivity index (χ1n) is 7.97. The van der Waals surface area contributed by atoms with Crippen LogP contribution in [0.5, 0.6) is 5.75 Å². The molecule has 24 heavy (non-hydrogen) atoms. The molecule has 0 saturated heterocycles. The van der Waals surface area contributed by atoms with Gasteiger partial charge in [0.25, 0.3) is 0 Å². The number of carbonyl (C=O) groups is 2. The lowest BCUT2D eigenvalue weighted by molar-refractivity contribution is -0.453. The molecule has 0 aliphatic heterocycles. The molecule has 1 rings (SSSR count). The van der Waals surface area contributed by atoms with Crippen molar-refractivity contribution < 1.29 is 33.9 Å². The summed E-state index contributed by atoms with van der Waals surface area (Å²) >= 11 is 0. The number of rotatable bonds is 10. The third-order valence-corrected chi connectivity index (χ3v) is 3.30. The van der Waals surface area contributed by atoms with E-state index in [0.717, 1.165) is 32.1 Å². The minimum atomic E-state index is -1.06. The summed E-state index contributed by atoms with van der Waals surface area (Å²) in [5, 5.41) is 4.18. The summed E-state index contributed by atoms with van der Waals surface area (Å²) in [4.78, 5) is 31.8. The second-order valence-electron chi connectivity index (χ2n) is 5.25. The van der Waals surface area contributed by atoms with Crippen molar-refractivity contribution in [3.05, 3.63) is 29.8 Å². The lowest BCUT2D eigenvalue weighted by Crippen LogP contribution is -2.17. The van der Waals surface area contributed by atoms with E-state index in [4.69, 9.17) is 9.47 Å². The molecule has 0 N–H and O–H groups in total. The fourth-order valence-corrected chi connectivity index (χ4v) is 2.04. The van der Waals surface area contributed by atoms with E-state index in [1.54, 1.807) is 25.1 Å². The van der Waals surface area contributed by atoms with Gasteiger partial charge in [-0.2, -0.15) is 0 Å². The number of hydrogen-bond acceptors (Lipinski definition) is 7. The highest BCUT2D eigenvalue weighted by Crippen LogP contribution is 2.18. The summed E-state index contributed by atoms with van der Waals surface area (Å²) in [5.74, 6) is -0.540. The molecular weight excluding hydrogens is 316 g/mol. The van der Waals surface area contributed by atoms with Crippen molar-refractivity contribution in [2.24, 2.45) is 0 Å². The van der Waals surface area contributed by atoms with Gasteiger partial charge in [-0.3, -0.25) is 4.89 Å². The van der Waals surface area contributed by atoms with E-state index in [9.17, 15) is 9.59 Å². The summed E-state index contributed by atoms with van der Waals surface area (Å²) < 4.78 is 9.97. The van der Waals surface area contributed by atoms with Gasteiger partial charge in [0.2, 0.25) is 0 Å². The van der Waals surface area contributed by atoms with E-state index in [0.29, 0.717) is 5.75 Å². The Morgan fingerprint density at radius 2 is 1.83 bits per heavy atom. The van der Waals surface area contributed by atoms with Gasteiger partial charge in [-0.1, -0.05) is 38.3 Å². The Labute approximate surface area is 141 Å². The van der Waals surface area contributed by atoms with Gasteiger partial charge in [0.05, 0.1) is 12.1 Å². The number of para-hydroxylation sites is 1. The quantitative estimate of drug-likeness (QED) is 0.273. The highest BCUT2D eigenvalue weighted by molar-refractivity contribution is 5.92. The molecule has 0 heterocycles. The highest BCUT2D eigenvalue weighted by atomic mass is 17.5. The Bertz CT molecular complexity index is 515. The SMILES string of the molecule is CCCCCCC(C)OC(=O)OOOC(=O)c1ccccc1OC. The maximum atomic E-state index is 11.8. The fraction of sp³-hybridized carbons (Fsp3) is 0.529. The molecule has 1 atom stereocenters. The summed E-state index contributed by atoms with van der Waals surface area (Å²) in [5.41, 5.74) is 0.140. The van der Waals surface area contributed by atoms with E-state index in [1.807, 2.05) is 0 Å². The lowest BCUT2D eigenvalue weighted by atomic mass is 10.1. The molecule has 1 aromatic rings. The van der Waals surface area contributed by atoms with Crippen LogP contribution in [-0.2, 0) is 19.6 Å². The molecule has 0 bridgehead atoms. The molecular formula is C17H24O7. The molecule has 1 unspecified atom stereocenters. The summed E-state index contributed by atoms with van der Waals surface area (Å²) in [7, 11) is 1.42. The first-order valence-corrected chi connectivity index (χ1v) is 7.97. The number of methoxy groups -OCH3 is 1. The Morgan fingerprint density at radius 1 is 1.08 bits per heavy atom. The van der Waals surface area contributed by atoms with Gasteiger partial charge < -0.3 is 9.47 Å². The van der Waals surface area contributed by atoms with Crippen LogP contribution < -0.4 is 4.74 Å². The molecule has 0 saturated carbocycles. The topological polar surface area (TPSA) is 80.3 Å². The number of carbonyl (C=O) groups excluding carboxylic acids is 2. The molecule has 0 radical (unpaired) electrons. The van der Waals surface area contributed by atoms with Gasteiger partial charge in [0, 0.05) is 0 Å². The van der Waals surface area contributed by atoms with Crippen molar-refractivity contribution >= 4 is 12.1 Å².